The molecule has 0 unspecified atom stereocenters. The Kier molecular flexibility index (Phi) is 9.56. The zero-order valence-corrected chi connectivity index (χ0v) is 19.6. The molecule has 0 fully saturated rings. The number of alkyl halides is 7. The van der Waals surface area contributed by atoms with Crippen molar-refractivity contribution < 1.29 is 45.0 Å². The van der Waals surface area contributed by atoms with Crippen molar-refractivity contribution in [3.8, 4) is 11.5 Å². The average Bonchev–Trinajstić information content (AvgIpc) is 2.85. The highest BCUT2D eigenvalue weighted by Crippen LogP contribution is 2.35. The number of benzene rings is 3. The Hall–Kier alpha value is -3.80. The lowest BCUT2D eigenvalue weighted by molar-refractivity contribution is -0.137. The van der Waals surface area contributed by atoms with Crippen LogP contribution in [0, 0.1) is 0 Å². The van der Waals surface area contributed by atoms with Gasteiger partial charge in [-0.25, -0.2) is 0 Å². The summed E-state index contributed by atoms with van der Waals surface area (Å²) in [6, 6.07) is 14.4. The number of rotatable bonds is 12. The van der Waals surface area contributed by atoms with Crippen LogP contribution in [0.4, 0.5) is 30.7 Å². The molecule has 3 rings (SSSR count). The van der Waals surface area contributed by atoms with Crippen LogP contribution >= 0.6 is 0 Å². The van der Waals surface area contributed by atoms with E-state index in [1.54, 1.807) is 30.3 Å². The number of amides is 1. The number of nitrogens with two attached hydrogens (primary N) is 1. The van der Waals surface area contributed by atoms with E-state index in [0.29, 0.717) is 11.1 Å². The lowest BCUT2D eigenvalue weighted by Gasteiger charge is -2.26. The van der Waals surface area contributed by atoms with Crippen LogP contribution in [0.25, 0.3) is 0 Å². The monoisotopic (exact) mass is 544 g/mol. The second kappa shape index (κ2) is 12.6. The molecule has 0 spiro atoms. The van der Waals surface area contributed by atoms with Crippen LogP contribution in [0.3, 0.4) is 0 Å². The van der Waals surface area contributed by atoms with Crippen LogP contribution in [0.15, 0.2) is 72.8 Å². The first-order valence-corrected chi connectivity index (χ1v) is 11.2. The summed E-state index contributed by atoms with van der Waals surface area (Å²) >= 11 is 0. The van der Waals surface area contributed by atoms with E-state index >= 15 is 0 Å². The van der Waals surface area contributed by atoms with Crippen LogP contribution in [-0.4, -0.2) is 19.1 Å². The predicted octanol–water partition coefficient (Wildman–Crippen LogP) is 6.40. The van der Waals surface area contributed by atoms with Gasteiger partial charge in [0.1, 0.15) is 6.04 Å². The number of hydrogen-bond acceptors (Lipinski definition) is 4. The first-order valence-electron chi connectivity index (χ1n) is 11.2. The van der Waals surface area contributed by atoms with E-state index in [-0.39, 0.29) is 18.4 Å². The summed E-state index contributed by atoms with van der Waals surface area (Å²) in [6.07, 6.45) is -4.14. The standard InChI is InChI=1S/C26H23F7N2O3/c27-24(28)37-20-13-9-17(14-21(20)38-25(29)30)19(35-22(23(34)36)16-4-2-1-3-5-16)12-8-15-6-10-18(11-7-15)26(31,32)33/h1-7,9-11,13-14,19,22,24-25,35H,8,12H2,(H2,34,36)/t19-,22-/m1/s1. The minimum absolute atomic E-state index is 0.158. The van der Waals surface area contributed by atoms with Gasteiger partial charge in [-0.1, -0.05) is 48.5 Å². The summed E-state index contributed by atoms with van der Waals surface area (Å²) in [5.74, 6) is -2.04. The number of hydrogen-bond donors (Lipinski definition) is 2. The highest BCUT2D eigenvalue weighted by Gasteiger charge is 2.30. The van der Waals surface area contributed by atoms with E-state index in [0.717, 1.165) is 24.3 Å². The van der Waals surface area contributed by atoms with Crippen molar-refractivity contribution in [2.75, 3.05) is 0 Å². The highest BCUT2D eigenvalue weighted by atomic mass is 19.4. The molecule has 0 heterocycles. The molecule has 0 aromatic heterocycles. The smallest absolute Gasteiger partial charge is 0.416 e. The minimum Gasteiger partial charge on any atom is -0.431 e. The van der Waals surface area contributed by atoms with Crippen LogP contribution in [0.2, 0.25) is 0 Å². The normalized spacial score (nSPS) is 13.4. The number of nitrogens with one attached hydrogen (secondary N) is 1. The Bertz CT molecular complexity index is 1190. The van der Waals surface area contributed by atoms with Crippen LogP contribution in [-0.2, 0) is 17.4 Å². The molecule has 2 atom stereocenters. The summed E-state index contributed by atoms with van der Waals surface area (Å²) in [6.45, 7) is -6.64. The van der Waals surface area contributed by atoms with E-state index in [9.17, 15) is 35.5 Å². The largest absolute Gasteiger partial charge is 0.431 e. The van der Waals surface area contributed by atoms with Gasteiger partial charge < -0.3 is 15.2 Å². The SMILES string of the molecule is NC(=O)[C@H](N[C@H](CCc1ccc(C(F)(F)F)cc1)c1ccc(OC(F)F)c(OC(F)F)c1)c1ccccc1. The molecule has 3 aromatic rings. The molecule has 3 N–H and O–H groups in total. The average molecular weight is 544 g/mol. The zero-order valence-electron chi connectivity index (χ0n) is 19.6. The van der Waals surface area contributed by atoms with Crippen molar-refractivity contribution in [1.29, 1.82) is 0 Å². The molecule has 0 aliphatic carbocycles. The number of ether oxygens (including phenoxy) is 2. The van der Waals surface area contributed by atoms with Gasteiger partial charge in [0.25, 0.3) is 0 Å². The van der Waals surface area contributed by atoms with E-state index in [1.165, 1.54) is 18.2 Å². The molecule has 12 heteroatoms. The molecular formula is C26H23F7N2O3. The van der Waals surface area contributed by atoms with Crippen LogP contribution < -0.4 is 20.5 Å². The molecule has 38 heavy (non-hydrogen) atoms. The molecule has 204 valence electrons. The third-order valence-corrected chi connectivity index (χ3v) is 5.59. The first-order chi connectivity index (χ1) is 17.9. The van der Waals surface area contributed by atoms with Gasteiger partial charge in [-0.3, -0.25) is 10.1 Å². The summed E-state index contributed by atoms with van der Waals surface area (Å²) in [5, 5.41) is 3.05. The van der Waals surface area contributed by atoms with Crippen LogP contribution in [0.1, 0.15) is 40.8 Å². The first kappa shape index (κ1) is 28.8. The van der Waals surface area contributed by atoms with E-state index in [4.69, 9.17) is 5.73 Å². The number of aryl methyl sites for hydroxylation is 1. The Morgan fingerprint density at radius 2 is 1.42 bits per heavy atom. The van der Waals surface area contributed by atoms with Gasteiger partial charge in [-0.15, -0.1) is 0 Å². The third-order valence-electron chi connectivity index (χ3n) is 5.59. The second-order valence-corrected chi connectivity index (χ2v) is 8.16. The summed E-state index contributed by atoms with van der Waals surface area (Å²) in [5.41, 5.74) is 6.07. The predicted molar refractivity (Wildman–Crippen MR) is 124 cm³/mol. The van der Waals surface area contributed by atoms with Gasteiger partial charge in [0.15, 0.2) is 11.5 Å². The van der Waals surface area contributed by atoms with Crippen molar-refractivity contribution in [3.63, 3.8) is 0 Å². The Morgan fingerprint density at radius 1 is 0.816 bits per heavy atom. The van der Waals surface area contributed by atoms with Crippen molar-refractivity contribution in [3.05, 3.63) is 95.1 Å². The lowest BCUT2D eigenvalue weighted by atomic mass is 9.95. The number of primary amides is 1. The molecule has 3 aromatic carbocycles. The molecule has 0 saturated heterocycles. The minimum atomic E-state index is -4.50. The van der Waals surface area contributed by atoms with Gasteiger partial charge in [0, 0.05) is 6.04 Å². The molecule has 5 nitrogen and oxygen atoms in total. The highest BCUT2D eigenvalue weighted by molar-refractivity contribution is 5.81. The number of carbonyl (C=O) groups excluding carboxylic acids is 1. The van der Waals surface area contributed by atoms with E-state index in [2.05, 4.69) is 14.8 Å². The van der Waals surface area contributed by atoms with Crippen molar-refractivity contribution in [2.24, 2.45) is 5.73 Å². The summed E-state index contributed by atoms with van der Waals surface area (Å²) in [4.78, 5) is 12.3. The summed E-state index contributed by atoms with van der Waals surface area (Å²) < 4.78 is 98.8. The summed E-state index contributed by atoms with van der Waals surface area (Å²) in [7, 11) is 0. The van der Waals surface area contributed by atoms with Gasteiger partial charge in [0.05, 0.1) is 5.56 Å². The maximum Gasteiger partial charge on any atom is 0.416 e. The fourth-order valence-electron chi connectivity index (χ4n) is 3.83. The fourth-order valence-corrected chi connectivity index (χ4v) is 3.83. The van der Waals surface area contributed by atoms with Crippen molar-refractivity contribution in [1.82, 2.24) is 5.32 Å². The molecule has 0 bridgehead atoms. The molecule has 0 aliphatic rings. The Balaban J connectivity index is 1.95. The maximum atomic E-state index is 13.0. The topological polar surface area (TPSA) is 73.6 Å². The number of halogens is 7. The second-order valence-electron chi connectivity index (χ2n) is 8.16. The Morgan fingerprint density at radius 3 is 1.97 bits per heavy atom. The molecule has 0 saturated carbocycles. The van der Waals surface area contributed by atoms with Crippen LogP contribution in [0.5, 0.6) is 11.5 Å². The van der Waals surface area contributed by atoms with Gasteiger partial charge in [-0.05, 0) is 53.8 Å². The maximum absolute atomic E-state index is 13.0. The molecule has 0 radical (unpaired) electrons. The molecule has 1 amide bonds. The van der Waals surface area contributed by atoms with Gasteiger partial charge in [0.2, 0.25) is 5.91 Å². The fraction of sp³-hybridized carbons (Fsp3) is 0.269. The van der Waals surface area contributed by atoms with Crippen molar-refractivity contribution >= 4 is 5.91 Å². The molecular weight excluding hydrogens is 521 g/mol. The third kappa shape index (κ3) is 8.10. The zero-order chi connectivity index (χ0) is 27.9. The molecule has 0 aliphatic heterocycles. The van der Waals surface area contributed by atoms with E-state index in [1.807, 2.05) is 0 Å². The van der Waals surface area contributed by atoms with Crippen molar-refractivity contribution in [2.45, 2.75) is 44.3 Å². The van der Waals surface area contributed by atoms with Gasteiger partial charge in [-0.2, -0.15) is 30.7 Å². The Labute approximate surface area is 213 Å². The van der Waals surface area contributed by atoms with E-state index < -0.39 is 54.5 Å². The quantitative estimate of drug-likeness (QED) is 0.259. The lowest BCUT2D eigenvalue weighted by Crippen LogP contribution is -2.36. The number of carbonyl (C=O) groups is 1. The van der Waals surface area contributed by atoms with Gasteiger partial charge >= 0.3 is 19.4 Å².